The molecule has 0 aromatic heterocycles. The van der Waals surface area contributed by atoms with E-state index in [4.69, 9.17) is 10.2 Å². The highest BCUT2D eigenvalue weighted by atomic mass is 19.4. The van der Waals surface area contributed by atoms with Crippen LogP contribution in [0.2, 0.25) is 0 Å². The Morgan fingerprint density at radius 3 is 1.91 bits per heavy atom. The lowest BCUT2D eigenvalue weighted by Crippen LogP contribution is -2.37. The van der Waals surface area contributed by atoms with Crippen LogP contribution >= 0.6 is 0 Å². The highest BCUT2D eigenvalue weighted by Gasteiger charge is 2.42. The van der Waals surface area contributed by atoms with Crippen LogP contribution in [0.4, 0.5) is 13.2 Å². The van der Waals surface area contributed by atoms with Crippen LogP contribution in [0.3, 0.4) is 0 Å². The molecule has 0 bridgehead atoms. The maximum Gasteiger partial charge on any atom is 0.414 e. The molecule has 0 aromatic rings. The van der Waals surface area contributed by atoms with Gasteiger partial charge in [0.25, 0.3) is 0 Å². The van der Waals surface area contributed by atoms with Gasteiger partial charge >= 0.3 is 6.18 Å². The minimum Gasteiger partial charge on any atom is -0.396 e. The number of hydrogen-bond acceptors (Lipinski definition) is 2. The number of rotatable bonds is 3. The summed E-state index contributed by atoms with van der Waals surface area (Å²) in [5.41, 5.74) is 0. The molecule has 0 rings (SSSR count). The summed E-state index contributed by atoms with van der Waals surface area (Å²) in [5, 5.41) is 17.0. The lowest BCUT2D eigenvalue weighted by molar-refractivity contribution is -0.222. The summed E-state index contributed by atoms with van der Waals surface area (Å²) in [6, 6.07) is 0. The lowest BCUT2D eigenvalue weighted by Gasteiger charge is -2.21. The van der Waals surface area contributed by atoms with Gasteiger partial charge in [-0.1, -0.05) is 6.92 Å². The average Bonchev–Trinajstić information content (AvgIpc) is 1.88. The van der Waals surface area contributed by atoms with E-state index in [1.54, 1.807) is 0 Å². The maximum absolute atomic E-state index is 11.7. The lowest BCUT2D eigenvalue weighted by atomic mass is 10.0. The summed E-state index contributed by atoms with van der Waals surface area (Å²) in [5.74, 6) is -1.10. The minimum absolute atomic E-state index is 0.108. The Balaban J connectivity index is 4.09. The van der Waals surface area contributed by atoms with Crippen molar-refractivity contribution < 1.29 is 23.4 Å². The van der Waals surface area contributed by atoms with Gasteiger partial charge in [-0.15, -0.1) is 0 Å². The molecule has 0 aromatic carbocycles. The van der Waals surface area contributed by atoms with E-state index in [1.807, 2.05) is 0 Å². The topological polar surface area (TPSA) is 40.5 Å². The summed E-state index contributed by atoms with van der Waals surface area (Å²) in [4.78, 5) is 0. The Labute approximate surface area is 62.6 Å². The third-order valence-corrected chi connectivity index (χ3v) is 1.54. The van der Waals surface area contributed by atoms with Crippen molar-refractivity contribution in [3.8, 4) is 0 Å². The molecule has 68 valence electrons. The third-order valence-electron chi connectivity index (χ3n) is 1.54. The zero-order valence-corrected chi connectivity index (χ0v) is 6.10. The number of hydrogen-bond donors (Lipinski definition) is 2. The molecule has 11 heavy (non-hydrogen) atoms. The fraction of sp³-hybridized carbons (Fsp3) is 1.00. The van der Waals surface area contributed by atoms with Crippen LogP contribution in [-0.4, -0.2) is 29.1 Å². The summed E-state index contributed by atoms with van der Waals surface area (Å²) < 4.78 is 35.1. The molecular formula is C6H11F3O2. The Morgan fingerprint density at radius 2 is 1.82 bits per heavy atom. The number of aliphatic hydroxyl groups is 2. The smallest absolute Gasteiger partial charge is 0.396 e. The van der Waals surface area contributed by atoms with Gasteiger partial charge in [0.1, 0.15) is 0 Å². The molecule has 0 aliphatic heterocycles. The minimum atomic E-state index is -4.62. The van der Waals surface area contributed by atoms with Gasteiger partial charge < -0.3 is 10.2 Å². The standard InChI is InChI=1S/C6H11F3O2/c1-2-4(3-10)5(11)6(7,8)9/h4-5,10-11H,2-3H2,1H3/t4-,5-/m0/s1. The van der Waals surface area contributed by atoms with Crippen molar-refractivity contribution >= 4 is 0 Å². The Bertz CT molecular complexity index is 109. The van der Waals surface area contributed by atoms with Gasteiger partial charge in [0.15, 0.2) is 6.10 Å². The second-order valence-corrected chi connectivity index (χ2v) is 2.34. The van der Waals surface area contributed by atoms with Gasteiger partial charge in [-0.05, 0) is 6.42 Å². The monoisotopic (exact) mass is 172 g/mol. The number of alkyl halides is 3. The first kappa shape index (κ1) is 10.7. The molecule has 0 aliphatic rings. The first-order valence-electron chi connectivity index (χ1n) is 3.29. The molecule has 0 fully saturated rings. The Morgan fingerprint density at radius 1 is 1.36 bits per heavy atom. The van der Waals surface area contributed by atoms with Crippen LogP contribution in [0.15, 0.2) is 0 Å². The summed E-state index contributed by atoms with van der Waals surface area (Å²) in [6.07, 6.45) is -6.92. The quantitative estimate of drug-likeness (QED) is 0.664. The fourth-order valence-electron chi connectivity index (χ4n) is 0.719. The number of halogens is 3. The molecule has 0 saturated heterocycles. The summed E-state index contributed by atoms with van der Waals surface area (Å²) in [6.45, 7) is 0.840. The van der Waals surface area contributed by atoms with Crippen LogP contribution in [0, 0.1) is 5.92 Å². The van der Waals surface area contributed by atoms with Gasteiger partial charge in [-0.3, -0.25) is 0 Å². The normalized spacial score (nSPS) is 18.0. The van der Waals surface area contributed by atoms with E-state index in [-0.39, 0.29) is 6.42 Å². The van der Waals surface area contributed by atoms with E-state index in [1.165, 1.54) is 6.92 Å². The summed E-state index contributed by atoms with van der Waals surface area (Å²) >= 11 is 0. The van der Waals surface area contributed by atoms with Crippen molar-refractivity contribution in [3.63, 3.8) is 0 Å². The van der Waals surface area contributed by atoms with Crippen molar-refractivity contribution in [1.82, 2.24) is 0 Å². The third kappa shape index (κ3) is 3.07. The fourth-order valence-corrected chi connectivity index (χ4v) is 0.719. The van der Waals surface area contributed by atoms with Crippen LogP contribution in [0.5, 0.6) is 0 Å². The van der Waals surface area contributed by atoms with Crippen LogP contribution in [0.1, 0.15) is 13.3 Å². The van der Waals surface area contributed by atoms with Gasteiger partial charge in [0.05, 0.1) is 0 Å². The molecule has 0 radical (unpaired) electrons. The first-order chi connectivity index (χ1) is 4.93. The van der Waals surface area contributed by atoms with E-state index in [9.17, 15) is 13.2 Å². The molecule has 0 heterocycles. The largest absolute Gasteiger partial charge is 0.414 e. The first-order valence-corrected chi connectivity index (χ1v) is 3.29. The van der Waals surface area contributed by atoms with Gasteiger partial charge in [0.2, 0.25) is 0 Å². The maximum atomic E-state index is 11.7. The van der Waals surface area contributed by atoms with Crippen molar-refractivity contribution in [3.05, 3.63) is 0 Å². The Kier molecular flexibility index (Phi) is 3.82. The van der Waals surface area contributed by atoms with Gasteiger partial charge in [0, 0.05) is 12.5 Å². The van der Waals surface area contributed by atoms with E-state index in [0.717, 1.165) is 0 Å². The molecule has 0 unspecified atom stereocenters. The molecule has 0 spiro atoms. The number of aliphatic hydroxyl groups excluding tert-OH is 2. The molecule has 0 amide bonds. The van der Waals surface area contributed by atoms with E-state index < -0.39 is 24.8 Å². The van der Waals surface area contributed by atoms with Gasteiger partial charge in [-0.25, -0.2) is 0 Å². The molecule has 2 nitrogen and oxygen atoms in total. The molecule has 0 saturated carbocycles. The van der Waals surface area contributed by atoms with Crippen molar-refractivity contribution in [2.45, 2.75) is 25.6 Å². The van der Waals surface area contributed by atoms with Crippen molar-refractivity contribution in [2.75, 3.05) is 6.61 Å². The average molecular weight is 172 g/mol. The molecule has 2 N–H and O–H groups in total. The highest BCUT2D eigenvalue weighted by Crippen LogP contribution is 2.26. The molecule has 5 heteroatoms. The van der Waals surface area contributed by atoms with E-state index in [0.29, 0.717) is 0 Å². The van der Waals surface area contributed by atoms with E-state index in [2.05, 4.69) is 0 Å². The van der Waals surface area contributed by atoms with Crippen molar-refractivity contribution in [1.29, 1.82) is 0 Å². The second-order valence-electron chi connectivity index (χ2n) is 2.34. The van der Waals surface area contributed by atoms with Crippen molar-refractivity contribution in [2.24, 2.45) is 5.92 Å². The van der Waals surface area contributed by atoms with E-state index >= 15 is 0 Å². The van der Waals surface area contributed by atoms with Gasteiger partial charge in [-0.2, -0.15) is 13.2 Å². The van der Waals surface area contributed by atoms with Crippen LogP contribution < -0.4 is 0 Å². The predicted octanol–water partition coefficient (Wildman–Crippen LogP) is 0.928. The summed E-state index contributed by atoms with van der Waals surface area (Å²) in [7, 11) is 0. The van der Waals surface area contributed by atoms with Crippen LogP contribution in [-0.2, 0) is 0 Å². The zero-order valence-electron chi connectivity index (χ0n) is 6.10. The molecular weight excluding hydrogens is 161 g/mol. The van der Waals surface area contributed by atoms with Crippen LogP contribution in [0.25, 0.3) is 0 Å². The second kappa shape index (κ2) is 3.92. The Hall–Kier alpha value is -0.290. The SMILES string of the molecule is CC[C@@H](CO)[C@H](O)C(F)(F)F. The zero-order chi connectivity index (χ0) is 9.07. The highest BCUT2D eigenvalue weighted by molar-refractivity contribution is 4.73. The molecule has 0 aliphatic carbocycles. The molecule has 2 atom stereocenters. The predicted molar refractivity (Wildman–Crippen MR) is 32.9 cm³/mol.